The van der Waals surface area contributed by atoms with Gasteiger partial charge in [-0.2, -0.15) is 0 Å². The summed E-state index contributed by atoms with van der Waals surface area (Å²) in [5, 5.41) is 3.33. The predicted octanol–water partition coefficient (Wildman–Crippen LogP) is 1.80. The molecule has 0 amide bonds. The largest absolute Gasteiger partial charge is 0.384 e. The third-order valence-electron chi connectivity index (χ3n) is 2.19. The van der Waals surface area contributed by atoms with E-state index in [4.69, 9.17) is 4.74 Å². The van der Waals surface area contributed by atoms with E-state index < -0.39 is 0 Å². The average Bonchev–Trinajstić information content (AvgIpc) is 2.51. The Labute approximate surface area is 72.5 Å². The van der Waals surface area contributed by atoms with Gasteiger partial charge in [-0.1, -0.05) is 12.1 Å². The number of nitrogens with one attached hydrogen (secondary N) is 1. The summed E-state index contributed by atoms with van der Waals surface area (Å²) in [6, 6.07) is 6.47. The molecule has 0 spiro atoms. The molecule has 0 atom stereocenters. The minimum Gasteiger partial charge on any atom is -0.384 e. The second-order valence-corrected chi connectivity index (χ2v) is 3.10. The first-order valence-electron chi connectivity index (χ1n) is 4.25. The van der Waals surface area contributed by atoms with E-state index in [9.17, 15) is 0 Å². The summed E-state index contributed by atoms with van der Waals surface area (Å²) in [6.45, 7) is 1.79. The van der Waals surface area contributed by atoms with Gasteiger partial charge >= 0.3 is 0 Å². The van der Waals surface area contributed by atoms with Gasteiger partial charge in [0.2, 0.25) is 0 Å². The first-order valence-corrected chi connectivity index (χ1v) is 4.25. The van der Waals surface area contributed by atoms with Crippen LogP contribution in [0.4, 0.5) is 5.69 Å². The molecular formula is C10H13NO. The van der Waals surface area contributed by atoms with Crippen LogP contribution in [0.25, 0.3) is 0 Å². The lowest BCUT2D eigenvalue weighted by Gasteiger charge is -2.02. The van der Waals surface area contributed by atoms with E-state index in [0.717, 1.165) is 13.0 Å². The first-order chi connectivity index (χ1) is 5.90. The lowest BCUT2D eigenvalue weighted by Crippen LogP contribution is -1.90. The minimum atomic E-state index is 0.716. The van der Waals surface area contributed by atoms with E-state index in [1.54, 1.807) is 7.11 Å². The third-order valence-corrected chi connectivity index (χ3v) is 2.19. The molecule has 1 heterocycles. The summed E-state index contributed by atoms with van der Waals surface area (Å²) in [6.07, 6.45) is 1.15. The highest BCUT2D eigenvalue weighted by Gasteiger charge is 2.09. The van der Waals surface area contributed by atoms with Gasteiger partial charge in [0.25, 0.3) is 0 Å². The van der Waals surface area contributed by atoms with Crippen molar-refractivity contribution < 1.29 is 4.74 Å². The predicted molar refractivity (Wildman–Crippen MR) is 49.3 cm³/mol. The Morgan fingerprint density at radius 2 is 2.42 bits per heavy atom. The topological polar surface area (TPSA) is 21.3 Å². The maximum atomic E-state index is 5.07. The van der Waals surface area contributed by atoms with Gasteiger partial charge in [0.05, 0.1) is 6.61 Å². The standard InChI is InChI=1S/C10H13NO/c1-12-7-8-2-3-10-9(6-8)4-5-11-10/h2-3,6,11H,4-5,7H2,1H3. The van der Waals surface area contributed by atoms with Crippen molar-refractivity contribution in [3.63, 3.8) is 0 Å². The van der Waals surface area contributed by atoms with Crippen LogP contribution >= 0.6 is 0 Å². The monoisotopic (exact) mass is 163 g/mol. The molecular weight excluding hydrogens is 150 g/mol. The second kappa shape index (κ2) is 3.15. The van der Waals surface area contributed by atoms with Crippen molar-refractivity contribution in [1.82, 2.24) is 0 Å². The highest BCUT2D eigenvalue weighted by atomic mass is 16.5. The fraction of sp³-hybridized carbons (Fsp3) is 0.400. The van der Waals surface area contributed by atoms with Crippen LogP contribution in [-0.4, -0.2) is 13.7 Å². The molecule has 0 bridgehead atoms. The van der Waals surface area contributed by atoms with Crippen molar-refractivity contribution in [1.29, 1.82) is 0 Å². The van der Waals surface area contributed by atoms with Crippen molar-refractivity contribution in [3.05, 3.63) is 29.3 Å². The Bertz CT molecular complexity index is 283. The van der Waals surface area contributed by atoms with E-state index in [1.807, 2.05) is 0 Å². The maximum Gasteiger partial charge on any atom is 0.0713 e. The molecule has 2 rings (SSSR count). The molecule has 0 saturated carbocycles. The first kappa shape index (κ1) is 7.62. The molecule has 0 fully saturated rings. The molecule has 1 aliphatic heterocycles. The summed E-state index contributed by atoms with van der Waals surface area (Å²) >= 11 is 0. The van der Waals surface area contributed by atoms with Crippen molar-refractivity contribution >= 4 is 5.69 Å². The SMILES string of the molecule is COCc1ccc2c(c1)CCN2. The lowest BCUT2D eigenvalue weighted by atomic mass is 10.1. The number of hydrogen-bond acceptors (Lipinski definition) is 2. The molecule has 2 heteroatoms. The molecule has 1 aromatic rings. The molecule has 0 unspecified atom stereocenters. The summed E-state index contributed by atoms with van der Waals surface area (Å²) in [7, 11) is 1.73. The Hall–Kier alpha value is -1.02. The van der Waals surface area contributed by atoms with E-state index in [-0.39, 0.29) is 0 Å². The van der Waals surface area contributed by atoms with Crippen LogP contribution in [0, 0.1) is 0 Å². The van der Waals surface area contributed by atoms with Gasteiger partial charge in [-0.05, 0) is 23.6 Å². The lowest BCUT2D eigenvalue weighted by molar-refractivity contribution is 0.185. The Kier molecular flexibility index (Phi) is 2.00. The summed E-state index contributed by atoms with van der Waals surface area (Å²) in [4.78, 5) is 0. The van der Waals surface area contributed by atoms with Gasteiger partial charge in [0.1, 0.15) is 0 Å². The molecule has 1 aromatic carbocycles. The summed E-state index contributed by atoms with van der Waals surface area (Å²) in [5.74, 6) is 0. The highest BCUT2D eigenvalue weighted by molar-refractivity contribution is 5.56. The van der Waals surface area contributed by atoms with Crippen LogP contribution in [0.15, 0.2) is 18.2 Å². The normalized spacial score (nSPS) is 14.1. The van der Waals surface area contributed by atoms with Crippen LogP contribution in [0.2, 0.25) is 0 Å². The van der Waals surface area contributed by atoms with Crippen molar-refractivity contribution in [2.45, 2.75) is 13.0 Å². The van der Waals surface area contributed by atoms with Crippen LogP contribution < -0.4 is 5.32 Å². The number of anilines is 1. The van der Waals surface area contributed by atoms with Crippen molar-refractivity contribution in [3.8, 4) is 0 Å². The fourth-order valence-corrected chi connectivity index (χ4v) is 1.61. The van der Waals surface area contributed by atoms with Crippen LogP contribution in [0.1, 0.15) is 11.1 Å². The molecule has 0 aliphatic carbocycles. The second-order valence-electron chi connectivity index (χ2n) is 3.10. The number of hydrogen-bond donors (Lipinski definition) is 1. The number of fused-ring (bicyclic) bond motifs is 1. The van der Waals surface area contributed by atoms with Gasteiger partial charge in [-0.15, -0.1) is 0 Å². The van der Waals surface area contributed by atoms with Gasteiger partial charge in [0, 0.05) is 19.3 Å². The van der Waals surface area contributed by atoms with E-state index >= 15 is 0 Å². The number of rotatable bonds is 2. The van der Waals surface area contributed by atoms with E-state index in [0.29, 0.717) is 6.61 Å². The zero-order valence-corrected chi connectivity index (χ0v) is 7.26. The van der Waals surface area contributed by atoms with E-state index in [1.165, 1.54) is 16.8 Å². The molecule has 64 valence electrons. The molecule has 1 N–H and O–H groups in total. The zero-order chi connectivity index (χ0) is 8.39. The van der Waals surface area contributed by atoms with Gasteiger partial charge < -0.3 is 10.1 Å². The van der Waals surface area contributed by atoms with Crippen molar-refractivity contribution in [2.24, 2.45) is 0 Å². The molecule has 0 aromatic heterocycles. The van der Waals surface area contributed by atoms with Gasteiger partial charge in [-0.25, -0.2) is 0 Å². The molecule has 2 nitrogen and oxygen atoms in total. The Balaban J connectivity index is 2.26. The van der Waals surface area contributed by atoms with Gasteiger partial charge in [0.15, 0.2) is 0 Å². The van der Waals surface area contributed by atoms with Crippen LogP contribution in [-0.2, 0) is 17.8 Å². The Morgan fingerprint density at radius 1 is 1.50 bits per heavy atom. The van der Waals surface area contributed by atoms with Crippen LogP contribution in [0.3, 0.4) is 0 Å². The van der Waals surface area contributed by atoms with E-state index in [2.05, 4.69) is 23.5 Å². The number of methoxy groups -OCH3 is 1. The van der Waals surface area contributed by atoms with Crippen molar-refractivity contribution in [2.75, 3.05) is 19.0 Å². The quantitative estimate of drug-likeness (QED) is 0.717. The van der Waals surface area contributed by atoms with Crippen LogP contribution in [0.5, 0.6) is 0 Å². The molecule has 0 radical (unpaired) electrons. The average molecular weight is 163 g/mol. The Morgan fingerprint density at radius 3 is 3.25 bits per heavy atom. The number of ether oxygens (including phenoxy) is 1. The fourth-order valence-electron chi connectivity index (χ4n) is 1.61. The molecule has 0 saturated heterocycles. The molecule has 1 aliphatic rings. The maximum absolute atomic E-state index is 5.07. The van der Waals surface area contributed by atoms with Gasteiger partial charge in [-0.3, -0.25) is 0 Å². The zero-order valence-electron chi connectivity index (χ0n) is 7.26. The molecule has 12 heavy (non-hydrogen) atoms. The summed E-state index contributed by atoms with van der Waals surface area (Å²) in [5.41, 5.74) is 3.97. The minimum absolute atomic E-state index is 0.716. The highest BCUT2D eigenvalue weighted by Crippen LogP contribution is 2.22. The smallest absolute Gasteiger partial charge is 0.0713 e. The number of benzene rings is 1. The third kappa shape index (κ3) is 1.30. The summed E-state index contributed by atoms with van der Waals surface area (Å²) < 4.78 is 5.07.